The van der Waals surface area contributed by atoms with E-state index < -0.39 is 0 Å². The molecule has 0 saturated heterocycles. The third-order valence-electron chi connectivity index (χ3n) is 4.60. The number of methoxy groups -OCH3 is 2. The van der Waals surface area contributed by atoms with E-state index in [0.29, 0.717) is 12.5 Å². The SMILES string of the molecule is CCCCCCC[C@@H](CCCCCCCCCC(=O)OC)OC. The van der Waals surface area contributed by atoms with Gasteiger partial charge < -0.3 is 9.47 Å². The van der Waals surface area contributed by atoms with Gasteiger partial charge in [-0.3, -0.25) is 4.79 Å². The van der Waals surface area contributed by atoms with E-state index in [0.717, 1.165) is 12.8 Å². The van der Waals surface area contributed by atoms with Crippen molar-refractivity contribution in [3.63, 3.8) is 0 Å². The van der Waals surface area contributed by atoms with Gasteiger partial charge >= 0.3 is 5.97 Å². The zero-order chi connectivity index (χ0) is 17.2. The Labute approximate surface area is 144 Å². The molecule has 0 saturated carbocycles. The second kappa shape index (κ2) is 17.8. The molecule has 0 rings (SSSR count). The van der Waals surface area contributed by atoms with Crippen molar-refractivity contribution in [2.24, 2.45) is 0 Å². The second-order valence-corrected chi connectivity index (χ2v) is 6.65. The maximum Gasteiger partial charge on any atom is 0.305 e. The minimum absolute atomic E-state index is 0.0784. The molecule has 0 aliphatic heterocycles. The normalized spacial score (nSPS) is 12.3. The minimum Gasteiger partial charge on any atom is -0.469 e. The molecule has 0 aliphatic carbocycles. The highest BCUT2D eigenvalue weighted by atomic mass is 16.5. The summed E-state index contributed by atoms with van der Waals surface area (Å²) in [6.07, 6.45) is 18.8. The van der Waals surface area contributed by atoms with Crippen molar-refractivity contribution in [2.75, 3.05) is 14.2 Å². The Kier molecular flexibility index (Phi) is 17.3. The van der Waals surface area contributed by atoms with E-state index in [1.54, 1.807) is 0 Å². The fraction of sp³-hybridized carbons (Fsp3) is 0.950. The molecule has 138 valence electrons. The monoisotopic (exact) mass is 328 g/mol. The van der Waals surface area contributed by atoms with E-state index in [-0.39, 0.29) is 5.97 Å². The van der Waals surface area contributed by atoms with Gasteiger partial charge in [0.25, 0.3) is 0 Å². The van der Waals surface area contributed by atoms with Crippen LogP contribution < -0.4 is 0 Å². The van der Waals surface area contributed by atoms with E-state index in [9.17, 15) is 4.79 Å². The first-order valence-electron chi connectivity index (χ1n) is 9.84. The highest BCUT2D eigenvalue weighted by Crippen LogP contribution is 2.16. The first-order chi connectivity index (χ1) is 11.2. The Balaban J connectivity index is 3.32. The number of unbranched alkanes of at least 4 members (excludes halogenated alkanes) is 10. The van der Waals surface area contributed by atoms with Crippen LogP contribution in [0.15, 0.2) is 0 Å². The molecular formula is C20H40O3. The number of carbonyl (C=O) groups excluding carboxylic acids is 1. The van der Waals surface area contributed by atoms with Crippen LogP contribution in [0.5, 0.6) is 0 Å². The maximum absolute atomic E-state index is 11.0. The molecule has 1 atom stereocenters. The van der Waals surface area contributed by atoms with Gasteiger partial charge in [-0.25, -0.2) is 0 Å². The largest absolute Gasteiger partial charge is 0.469 e. The topological polar surface area (TPSA) is 35.5 Å². The van der Waals surface area contributed by atoms with Crippen molar-refractivity contribution in [1.82, 2.24) is 0 Å². The molecule has 0 heterocycles. The first-order valence-corrected chi connectivity index (χ1v) is 9.84. The first kappa shape index (κ1) is 22.4. The van der Waals surface area contributed by atoms with Crippen LogP contribution in [0.1, 0.15) is 103 Å². The van der Waals surface area contributed by atoms with E-state index in [1.165, 1.54) is 84.2 Å². The maximum atomic E-state index is 11.0. The summed E-state index contributed by atoms with van der Waals surface area (Å²) in [4.78, 5) is 11.0. The Morgan fingerprint density at radius 1 is 0.739 bits per heavy atom. The number of carbonyl (C=O) groups is 1. The Morgan fingerprint density at radius 2 is 1.22 bits per heavy atom. The van der Waals surface area contributed by atoms with Crippen LogP contribution in [0, 0.1) is 0 Å². The van der Waals surface area contributed by atoms with Crippen LogP contribution in [-0.2, 0) is 14.3 Å². The Hall–Kier alpha value is -0.570. The van der Waals surface area contributed by atoms with Crippen LogP contribution in [0.4, 0.5) is 0 Å². The van der Waals surface area contributed by atoms with Gasteiger partial charge in [0.15, 0.2) is 0 Å². The molecule has 0 amide bonds. The van der Waals surface area contributed by atoms with Crippen LogP contribution in [0.3, 0.4) is 0 Å². The number of esters is 1. The van der Waals surface area contributed by atoms with Crippen molar-refractivity contribution in [3.05, 3.63) is 0 Å². The summed E-state index contributed by atoms with van der Waals surface area (Å²) in [6, 6.07) is 0. The third-order valence-corrected chi connectivity index (χ3v) is 4.60. The molecule has 0 fully saturated rings. The minimum atomic E-state index is -0.0784. The predicted molar refractivity (Wildman–Crippen MR) is 97.7 cm³/mol. The molecule has 3 nitrogen and oxygen atoms in total. The van der Waals surface area contributed by atoms with Crippen molar-refractivity contribution in [1.29, 1.82) is 0 Å². The number of hydrogen-bond donors (Lipinski definition) is 0. The molecule has 0 spiro atoms. The molecular weight excluding hydrogens is 288 g/mol. The third kappa shape index (κ3) is 16.1. The lowest BCUT2D eigenvalue weighted by Gasteiger charge is -2.15. The van der Waals surface area contributed by atoms with Gasteiger partial charge in [-0.05, 0) is 19.3 Å². The molecule has 0 bridgehead atoms. The standard InChI is InChI=1S/C20H40O3/c1-4-5-6-10-13-16-19(22-2)17-14-11-8-7-9-12-15-18-20(21)23-3/h19H,4-18H2,1-3H3/t19-/m0/s1. The summed E-state index contributed by atoms with van der Waals surface area (Å²) < 4.78 is 10.2. The van der Waals surface area contributed by atoms with Crippen LogP contribution >= 0.6 is 0 Å². The van der Waals surface area contributed by atoms with E-state index in [2.05, 4.69) is 11.7 Å². The molecule has 0 radical (unpaired) electrons. The fourth-order valence-corrected chi connectivity index (χ4v) is 2.98. The highest BCUT2D eigenvalue weighted by Gasteiger charge is 2.06. The van der Waals surface area contributed by atoms with Crippen LogP contribution in [-0.4, -0.2) is 26.3 Å². The molecule has 0 aromatic carbocycles. The lowest BCUT2D eigenvalue weighted by Crippen LogP contribution is -2.10. The lowest BCUT2D eigenvalue weighted by molar-refractivity contribution is -0.140. The van der Waals surface area contributed by atoms with Crippen LogP contribution in [0.25, 0.3) is 0 Å². The molecule has 0 N–H and O–H groups in total. The molecule has 3 heteroatoms. The number of ether oxygens (including phenoxy) is 2. The molecule has 0 aromatic rings. The molecule has 23 heavy (non-hydrogen) atoms. The second-order valence-electron chi connectivity index (χ2n) is 6.65. The number of rotatable bonds is 17. The molecule has 0 unspecified atom stereocenters. The van der Waals surface area contributed by atoms with E-state index in [4.69, 9.17) is 4.74 Å². The summed E-state index contributed by atoms with van der Waals surface area (Å²) in [5.41, 5.74) is 0. The van der Waals surface area contributed by atoms with Gasteiger partial charge in [0, 0.05) is 13.5 Å². The van der Waals surface area contributed by atoms with Gasteiger partial charge in [0.2, 0.25) is 0 Å². The number of hydrogen-bond acceptors (Lipinski definition) is 3. The van der Waals surface area contributed by atoms with Crippen molar-refractivity contribution >= 4 is 5.97 Å². The average Bonchev–Trinajstić information content (AvgIpc) is 2.57. The quantitative estimate of drug-likeness (QED) is 0.241. The van der Waals surface area contributed by atoms with Gasteiger partial charge in [-0.15, -0.1) is 0 Å². The van der Waals surface area contributed by atoms with Gasteiger partial charge in [0.1, 0.15) is 0 Å². The van der Waals surface area contributed by atoms with Crippen LogP contribution in [0.2, 0.25) is 0 Å². The summed E-state index contributed by atoms with van der Waals surface area (Å²) >= 11 is 0. The molecule has 0 aliphatic rings. The Morgan fingerprint density at radius 3 is 1.70 bits per heavy atom. The smallest absolute Gasteiger partial charge is 0.305 e. The van der Waals surface area contributed by atoms with Crippen molar-refractivity contribution in [3.8, 4) is 0 Å². The lowest BCUT2D eigenvalue weighted by atomic mass is 10.0. The highest BCUT2D eigenvalue weighted by molar-refractivity contribution is 5.68. The average molecular weight is 329 g/mol. The van der Waals surface area contributed by atoms with Crippen molar-refractivity contribution in [2.45, 2.75) is 109 Å². The summed E-state index contributed by atoms with van der Waals surface area (Å²) in [5.74, 6) is -0.0784. The van der Waals surface area contributed by atoms with Gasteiger partial charge in [-0.2, -0.15) is 0 Å². The van der Waals surface area contributed by atoms with Crippen molar-refractivity contribution < 1.29 is 14.3 Å². The summed E-state index contributed by atoms with van der Waals surface area (Å²) in [6.45, 7) is 2.26. The van der Waals surface area contributed by atoms with E-state index >= 15 is 0 Å². The summed E-state index contributed by atoms with van der Waals surface area (Å²) in [5, 5.41) is 0. The summed E-state index contributed by atoms with van der Waals surface area (Å²) in [7, 11) is 3.32. The Bertz CT molecular complexity index is 253. The molecule has 0 aromatic heterocycles. The van der Waals surface area contributed by atoms with Gasteiger partial charge in [0.05, 0.1) is 13.2 Å². The van der Waals surface area contributed by atoms with E-state index in [1.807, 2.05) is 7.11 Å². The zero-order valence-electron chi connectivity index (χ0n) is 15.9. The predicted octanol–water partition coefficient (Wildman–Crippen LogP) is 6.05. The zero-order valence-corrected chi connectivity index (χ0v) is 15.9. The van der Waals surface area contributed by atoms with Gasteiger partial charge in [-0.1, -0.05) is 77.6 Å². The fourth-order valence-electron chi connectivity index (χ4n) is 2.98.